The highest BCUT2D eigenvalue weighted by Gasteiger charge is 2.25. The van der Waals surface area contributed by atoms with Crippen LogP contribution in [0, 0.1) is 3.57 Å². The van der Waals surface area contributed by atoms with Crippen molar-refractivity contribution in [3.8, 4) is 11.5 Å². The molecule has 132 valence electrons. The summed E-state index contributed by atoms with van der Waals surface area (Å²) in [6.07, 6.45) is 1.71. The second-order valence-electron chi connectivity index (χ2n) is 5.80. The van der Waals surface area contributed by atoms with Crippen LogP contribution in [0.15, 0.2) is 89.6 Å². The highest BCUT2D eigenvalue weighted by Crippen LogP contribution is 2.24. The highest BCUT2D eigenvalue weighted by molar-refractivity contribution is 14.1. The van der Waals surface area contributed by atoms with Crippen LogP contribution in [0.4, 0.5) is 0 Å². The Kier molecular flexibility index (Phi) is 5.02. The van der Waals surface area contributed by atoms with Crippen molar-refractivity contribution in [1.29, 1.82) is 0 Å². The van der Waals surface area contributed by atoms with Gasteiger partial charge in [0.15, 0.2) is 5.70 Å². The predicted molar refractivity (Wildman–Crippen MR) is 113 cm³/mol. The molecular formula is C22H14INO3. The van der Waals surface area contributed by atoms with Gasteiger partial charge in [0.2, 0.25) is 5.90 Å². The lowest BCUT2D eigenvalue weighted by atomic mass is 10.2. The number of halogens is 1. The van der Waals surface area contributed by atoms with Gasteiger partial charge in [-0.2, -0.15) is 0 Å². The molecule has 1 heterocycles. The molecule has 0 N–H and O–H groups in total. The Morgan fingerprint density at radius 2 is 1.52 bits per heavy atom. The molecule has 27 heavy (non-hydrogen) atoms. The van der Waals surface area contributed by atoms with Crippen LogP contribution in [-0.4, -0.2) is 11.9 Å². The lowest BCUT2D eigenvalue weighted by molar-refractivity contribution is -0.129. The van der Waals surface area contributed by atoms with Crippen LogP contribution in [0.5, 0.6) is 11.5 Å². The molecule has 3 aromatic rings. The number of cyclic esters (lactones) is 1. The van der Waals surface area contributed by atoms with Gasteiger partial charge in [-0.3, -0.25) is 0 Å². The molecule has 0 amide bonds. The lowest BCUT2D eigenvalue weighted by Gasteiger charge is -2.05. The summed E-state index contributed by atoms with van der Waals surface area (Å²) in [6, 6.07) is 24.7. The average Bonchev–Trinajstić information content (AvgIpc) is 3.05. The number of esters is 1. The molecule has 4 rings (SSSR count). The van der Waals surface area contributed by atoms with E-state index in [2.05, 4.69) is 27.6 Å². The molecule has 0 aromatic heterocycles. The minimum Gasteiger partial charge on any atom is -0.457 e. The molecule has 0 spiro atoms. The predicted octanol–water partition coefficient (Wildman–Crippen LogP) is 5.43. The highest BCUT2D eigenvalue weighted by atomic mass is 127. The maximum Gasteiger partial charge on any atom is 0.363 e. The lowest BCUT2D eigenvalue weighted by Crippen LogP contribution is -2.06. The summed E-state index contributed by atoms with van der Waals surface area (Å²) in [5.41, 5.74) is 1.93. The van der Waals surface area contributed by atoms with E-state index in [1.54, 1.807) is 6.08 Å². The fourth-order valence-electron chi connectivity index (χ4n) is 2.57. The molecule has 0 saturated carbocycles. The van der Waals surface area contributed by atoms with Crippen molar-refractivity contribution in [3.05, 3.63) is 99.3 Å². The van der Waals surface area contributed by atoms with E-state index in [9.17, 15) is 4.79 Å². The first-order valence-electron chi connectivity index (χ1n) is 8.29. The third-order valence-electron chi connectivity index (χ3n) is 3.89. The van der Waals surface area contributed by atoms with Gasteiger partial charge in [0, 0.05) is 3.57 Å². The van der Waals surface area contributed by atoms with Crippen LogP contribution in [0.2, 0.25) is 0 Å². The first-order chi connectivity index (χ1) is 13.2. The molecule has 0 fully saturated rings. The van der Waals surface area contributed by atoms with Crippen molar-refractivity contribution in [2.45, 2.75) is 0 Å². The number of carbonyl (C=O) groups excluding carboxylic acids is 1. The number of rotatable bonds is 4. The summed E-state index contributed by atoms with van der Waals surface area (Å²) in [5, 5.41) is 0. The summed E-state index contributed by atoms with van der Waals surface area (Å²) in [4.78, 5) is 16.5. The van der Waals surface area contributed by atoms with Gasteiger partial charge in [-0.15, -0.1) is 0 Å². The van der Waals surface area contributed by atoms with E-state index in [0.717, 1.165) is 26.2 Å². The molecule has 1 aliphatic heterocycles. The second-order valence-corrected chi connectivity index (χ2v) is 6.96. The first kappa shape index (κ1) is 17.5. The van der Waals surface area contributed by atoms with E-state index in [0.29, 0.717) is 5.90 Å². The van der Waals surface area contributed by atoms with Crippen LogP contribution < -0.4 is 4.74 Å². The molecular weight excluding hydrogens is 453 g/mol. The standard InChI is InChI=1S/C22H14INO3/c23-19-9-5-4-8-18(19)21-24-20(22(25)27-21)14-15-10-12-17(13-11-15)26-16-6-2-1-3-7-16/h1-14H/b20-14-. The molecule has 5 heteroatoms. The van der Waals surface area contributed by atoms with Gasteiger partial charge in [0.1, 0.15) is 11.5 Å². The molecule has 0 atom stereocenters. The maximum absolute atomic E-state index is 12.1. The largest absolute Gasteiger partial charge is 0.457 e. The Bertz CT molecular complexity index is 1040. The van der Waals surface area contributed by atoms with Crippen molar-refractivity contribution >= 4 is 40.5 Å². The van der Waals surface area contributed by atoms with E-state index >= 15 is 0 Å². The normalized spacial score (nSPS) is 14.8. The number of para-hydroxylation sites is 1. The number of benzene rings is 3. The van der Waals surface area contributed by atoms with Crippen LogP contribution in [0.25, 0.3) is 6.08 Å². The van der Waals surface area contributed by atoms with E-state index in [1.807, 2.05) is 78.9 Å². The molecule has 4 nitrogen and oxygen atoms in total. The van der Waals surface area contributed by atoms with Crippen molar-refractivity contribution < 1.29 is 14.3 Å². The van der Waals surface area contributed by atoms with Gasteiger partial charge in [-0.25, -0.2) is 9.79 Å². The summed E-state index contributed by atoms with van der Waals surface area (Å²) in [7, 11) is 0. The van der Waals surface area contributed by atoms with Crippen LogP contribution in [-0.2, 0) is 9.53 Å². The van der Waals surface area contributed by atoms with E-state index in [4.69, 9.17) is 9.47 Å². The van der Waals surface area contributed by atoms with Gasteiger partial charge in [-0.05, 0) is 70.6 Å². The van der Waals surface area contributed by atoms with Crippen molar-refractivity contribution in [2.75, 3.05) is 0 Å². The molecule has 0 saturated heterocycles. The zero-order chi connectivity index (χ0) is 18.6. The van der Waals surface area contributed by atoms with Crippen LogP contribution >= 0.6 is 22.6 Å². The summed E-state index contributed by atoms with van der Waals surface area (Å²) in [6.45, 7) is 0. The van der Waals surface area contributed by atoms with Crippen molar-refractivity contribution in [3.63, 3.8) is 0 Å². The van der Waals surface area contributed by atoms with Gasteiger partial charge in [0.25, 0.3) is 0 Å². The average molecular weight is 467 g/mol. The molecule has 0 unspecified atom stereocenters. The van der Waals surface area contributed by atoms with Gasteiger partial charge in [-0.1, -0.05) is 42.5 Å². The number of hydrogen-bond acceptors (Lipinski definition) is 4. The van der Waals surface area contributed by atoms with Crippen LogP contribution in [0.3, 0.4) is 0 Å². The SMILES string of the molecule is O=C1OC(c2ccccc2I)=N/C1=C\c1ccc(Oc2ccccc2)cc1. The maximum atomic E-state index is 12.1. The number of nitrogens with zero attached hydrogens (tertiary/aromatic N) is 1. The quantitative estimate of drug-likeness (QED) is 0.292. The third kappa shape index (κ3) is 4.09. The molecule has 0 radical (unpaired) electrons. The Hall–Kier alpha value is -2.93. The number of hydrogen-bond donors (Lipinski definition) is 0. The topological polar surface area (TPSA) is 47.9 Å². The van der Waals surface area contributed by atoms with Crippen molar-refractivity contribution in [1.82, 2.24) is 0 Å². The summed E-state index contributed by atoms with van der Waals surface area (Å²) >= 11 is 2.19. The Balaban J connectivity index is 1.54. The molecule has 0 bridgehead atoms. The second kappa shape index (κ2) is 7.75. The number of ether oxygens (including phenoxy) is 2. The Morgan fingerprint density at radius 1 is 0.852 bits per heavy atom. The van der Waals surface area contributed by atoms with Gasteiger partial charge < -0.3 is 9.47 Å². The molecule has 3 aromatic carbocycles. The molecule has 0 aliphatic carbocycles. The fraction of sp³-hybridized carbons (Fsp3) is 0. The summed E-state index contributed by atoms with van der Waals surface area (Å²) in [5.74, 6) is 1.38. The smallest absolute Gasteiger partial charge is 0.363 e. The third-order valence-corrected chi connectivity index (χ3v) is 4.83. The van der Waals surface area contributed by atoms with E-state index in [1.165, 1.54) is 0 Å². The summed E-state index contributed by atoms with van der Waals surface area (Å²) < 4.78 is 12.1. The van der Waals surface area contributed by atoms with Gasteiger partial charge >= 0.3 is 5.97 Å². The Morgan fingerprint density at radius 3 is 2.26 bits per heavy atom. The van der Waals surface area contributed by atoms with Crippen LogP contribution in [0.1, 0.15) is 11.1 Å². The Labute approximate surface area is 170 Å². The monoisotopic (exact) mass is 467 g/mol. The number of carbonyl (C=O) groups is 1. The fourth-order valence-corrected chi connectivity index (χ4v) is 3.19. The minimum atomic E-state index is -0.450. The zero-order valence-electron chi connectivity index (χ0n) is 14.1. The van der Waals surface area contributed by atoms with Crippen molar-refractivity contribution in [2.24, 2.45) is 4.99 Å². The zero-order valence-corrected chi connectivity index (χ0v) is 16.3. The molecule has 1 aliphatic rings. The first-order valence-corrected chi connectivity index (χ1v) is 9.37. The number of aliphatic imine (C=N–C) groups is 1. The van der Waals surface area contributed by atoms with Gasteiger partial charge in [0.05, 0.1) is 5.56 Å². The minimum absolute atomic E-state index is 0.279. The van der Waals surface area contributed by atoms with E-state index < -0.39 is 5.97 Å². The van der Waals surface area contributed by atoms with E-state index in [-0.39, 0.29) is 5.70 Å².